The minimum absolute atomic E-state index is 0.0869. The fourth-order valence-electron chi connectivity index (χ4n) is 7.60. The molecular weight excluding hydrogens is 645 g/mol. The van der Waals surface area contributed by atoms with Crippen molar-refractivity contribution in [3.8, 4) is 22.5 Å². The average molecular weight is 687 g/mol. The third-order valence-corrected chi connectivity index (χ3v) is 10.2. The average Bonchev–Trinajstić information content (AvgIpc) is 3.82. The van der Waals surface area contributed by atoms with Gasteiger partial charge in [-0.3, -0.25) is 0 Å². The van der Waals surface area contributed by atoms with E-state index in [9.17, 15) is 4.79 Å². The van der Waals surface area contributed by atoms with Crippen LogP contribution < -0.4 is 5.43 Å². The monoisotopic (exact) mass is 686 g/mol. The van der Waals surface area contributed by atoms with Crippen LogP contribution in [0, 0.1) is 5.92 Å². The number of benzene rings is 5. The third kappa shape index (κ3) is 6.09. The van der Waals surface area contributed by atoms with E-state index >= 15 is 0 Å². The molecular formula is C44H42N6O2. The van der Waals surface area contributed by atoms with Gasteiger partial charge in [-0.2, -0.15) is 0 Å². The Morgan fingerprint density at radius 2 is 1.31 bits per heavy atom. The maximum Gasteiger partial charge on any atom is 0.337 e. The first-order valence-electron chi connectivity index (χ1n) is 18.2. The molecule has 1 fully saturated rings. The lowest BCUT2D eigenvalue weighted by atomic mass is 9.77. The highest BCUT2D eigenvalue weighted by Crippen LogP contribution is 2.42. The number of likely N-dealkylation sites (N-methyl/N-ethyl adjacent to an activating group) is 1. The standard InChI is InChI=1S/C44H42N6O2/c1-3-49-39(40(43(51)52-4-2)41(46-49)33-28-29-33)30-31-24-26-32(27-25-31)37-22-14-15-23-38(37)42-45-48-50(47-42)44(34-16-8-5-9-17-34,35-18-10-6-11-19-35)36-20-12-7-13-21-36/h5-27,33,39,46H,3-4,28-30H2,1-2H3. The molecule has 1 unspecified atom stereocenters. The third-order valence-electron chi connectivity index (χ3n) is 10.2. The number of hydrogen-bond acceptors (Lipinski definition) is 7. The smallest absolute Gasteiger partial charge is 0.337 e. The summed E-state index contributed by atoms with van der Waals surface area (Å²) >= 11 is 0. The predicted octanol–water partition coefficient (Wildman–Crippen LogP) is 7.83. The molecule has 1 aromatic heterocycles. The molecule has 52 heavy (non-hydrogen) atoms. The summed E-state index contributed by atoms with van der Waals surface area (Å²) in [5.41, 5.74) is 11.7. The van der Waals surface area contributed by atoms with Crippen LogP contribution in [0.1, 0.15) is 48.9 Å². The van der Waals surface area contributed by atoms with E-state index < -0.39 is 5.54 Å². The van der Waals surface area contributed by atoms with Gasteiger partial charge < -0.3 is 10.2 Å². The number of rotatable bonds is 12. The van der Waals surface area contributed by atoms with Crippen molar-refractivity contribution in [2.45, 2.75) is 44.7 Å². The van der Waals surface area contributed by atoms with Gasteiger partial charge >= 0.3 is 5.97 Å². The summed E-state index contributed by atoms with van der Waals surface area (Å²) in [5.74, 6) is 0.751. The van der Waals surface area contributed by atoms with Crippen LogP contribution in [-0.4, -0.2) is 50.4 Å². The molecule has 2 heterocycles. The fourth-order valence-corrected chi connectivity index (χ4v) is 7.60. The molecule has 1 aliphatic carbocycles. The number of nitrogens with zero attached hydrogens (tertiary/aromatic N) is 5. The normalized spacial score (nSPS) is 16.2. The molecule has 1 saturated carbocycles. The molecule has 0 amide bonds. The molecule has 8 rings (SSSR count). The highest BCUT2D eigenvalue weighted by molar-refractivity contribution is 5.91. The number of aromatic nitrogens is 4. The molecule has 1 aliphatic heterocycles. The quantitative estimate of drug-likeness (QED) is 0.104. The Kier molecular flexibility index (Phi) is 9.22. The lowest BCUT2D eigenvalue weighted by Crippen LogP contribution is -2.41. The summed E-state index contributed by atoms with van der Waals surface area (Å²) in [7, 11) is 0. The summed E-state index contributed by atoms with van der Waals surface area (Å²) in [6.07, 6.45) is 2.92. The second-order valence-electron chi connectivity index (χ2n) is 13.4. The van der Waals surface area contributed by atoms with Crippen molar-refractivity contribution in [2.75, 3.05) is 13.2 Å². The first-order valence-corrected chi connectivity index (χ1v) is 18.2. The maximum atomic E-state index is 13.2. The fraction of sp³-hybridized carbons (Fsp3) is 0.227. The van der Waals surface area contributed by atoms with Crippen molar-refractivity contribution in [3.05, 3.63) is 173 Å². The Morgan fingerprint density at radius 1 is 0.750 bits per heavy atom. The van der Waals surface area contributed by atoms with E-state index in [1.54, 1.807) is 4.80 Å². The maximum absolute atomic E-state index is 13.2. The minimum Gasteiger partial charge on any atom is -0.463 e. The summed E-state index contributed by atoms with van der Waals surface area (Å²) in [4.78, 5) is 15.0. The summed E-state index contributed by atoms with van der Waals surface area (Å²) in [6.45, 7) is 5.13. The number of tetrazole rings is 1. The van der Waals surface area contributed by atoms with Gasteiger partial charge in [-0.05, 0) is 64.8 Å². The Labute approximate surface area is 304 Å². The van der Waals surface area contributed by atoms with Gasteiger partial charge in [0.1, 0.15) is 0 Å². The number of hydrogen-bond donors (Lipinski definition) is 1. The Hall–Kier alpha value is -5.86. The van der Waals surface area contributed by atoms with Crippen molar-refractivity contribution in [2.24, 2.45) is 5.92 Å². The molecule has 0 bridgehead atoms. The summed E-state index contributed by atoms with van der Waals surface area (Å²) in [6, 6.07) is 47.9. The number of carbonyl (C=O) groups excluding carboxylic acids is 1. The van der Waals surface area contributed by atoms with E-state index in [1.807, 2.05) is 37.3 Å². The molecule has 0 spiro atoms. The van der Waals surface area contributed by atoms with Crippen molar-refractivity contribution in [1.29, 1.82) is 0 Å². The van der Waals surface area contributed by atoms with Gasteiger partial charge in [0.2, 0.25) is 5.82 Å². The van der Waals surface area contributed by atoms with Gasteiger partial charge in [0.15, 0.2) is 5.54 Å². The molecule has 260 valence electrons. The second kappa shape index (κ2) is 14.4. The van der Waals surface area contributed by atoms with Gasteiger partial charge in [-0.15, -0.1) is 15.0 Å². The zero-order chi connectivity index (χ0) is 35.5. The summed E-state index contributed by atoms with van der Waals surface area (Å²) < 4.78 is 5.54. The lowest BCUT2D eigenvalue weighted by molar-refractivity contribution is -0.139. The highest BCUT2D eigenvalue weighted by atomic mass is 16.5. The van der Waals surface area contributed by atoms with Gasteiger partial charge in [0.25, 0.3) is 0 Å². The molecule has 2 aliphatic rings. The number of carbonyl (C=O) groups is 1. The van der Waals surface area contributed by atoms with Crippen LogP contribution in [0.4, 0.5) is 0 Å². The van der Waals surface area contributed by atoms with Crippen molar-refractivity contribution in [3.63, 3.8) is 0 Å². The zero-order valence-corrected chi connectivity index (χ0v) is 29.5. The number of allylic oxidation sites excluding steroid dienone is 1. The largest absolute Gasteiger partial charge is 0.463 e. The molecule has 0 saturated heterocycles. The Bertz CT molecular complexity index is 2080. The van der Waals surface area contributed by atoms with E-state index in [-0.39, 0.29) is 12.0 Å². The predicted molar refractivity (Wildman–Crippen MR) is 203 cm³/mol. The first kappa shape index (κ1) is 33.3. The van der Waals surface area contributed by atoms with Crippen LogP contribution in [0.25, 0.3) is 22.5 Å². The molecule has 0 radical (unpaired) electrons. The topological polar surface area (TPSA) is 85.2 Å². The van der Waals surface area contributed by atoms with Crippen LogP contribution in [-0.2, 0) is 21.5 Å². The molecule has 6 aromatic rings. The molecule has 1 N–H and O–H groups in total. The number of hydrazine groups is 1. The molecule has 8 heteroatoms. The van der Waals surface area contributed by atoms with Crippen LogP contribution in [0.3, 0.4) is 0 Å². The Morgan fingerprint density at radius 3 is 1.85 bits per heavy atom. The van der Waals surface area contributed by atoms with E-state index in [1.165, 1.54) is 0 Å². The van der Waals surface area contributed by atoms with Crippen molar-refractivity contribution >= 4 is 5.97 Å². The number of nitrogens with one attached hydrogen (secondary N) is 1. The summed E-state index contributed by atoms with van der Waals surface area (Å²) in [5, 5.41) is 16.9. The molecule has 5 aromatic carbocycles. The second-order valence-corrected chi connectivity index (χ2v) is 13.4. The van der Waals surface area contributed by atoms with Crippen molar-refractivity contribution in [1.82, 2.24) is 30.6 Å². The van der Waals surface area contributed by atoms with Crippen LogP contribution in [0.15, 0.2) is 151 Å². The van der Waals surface area contributed by atoms with Crippen LogP contribution >= 0.6 is 0 Å². The molecule has 8 nitrogen and oxygen atoms in total. The number of esters is 1. The van der Waals surface area contributed by atoms with E-state index in [2.05, 4.69) is 127 Å². The highest BCUT2D eigenvalue weighted by Gasteiger charge is 2.43. The van der Waals surface area contributed by atoms with Gasteiger partial charge in [0.05, 0.1) is 18.2 Å². The van der Waals surface area contributed by atoms with E-state index in [4.69, 9.17) is 20.1 Å². The van der Waals surface area contributed by atoms with Gasteiger partial charge in [-0.25, -0.2) is 9.80 Å². The first-order chi connectivity index (χ1) is 25.6. The minimum atomic E-state index is -0.858. The Balaban J connectivity index is 1.15. The zero-order valence-electron chi connectivity index (χ0n) is 29.5. The van der Waals surface area contributed by atoms with E-state index in [0.717, 1.165) is 69.6 Å². The van der Waals surface area contributed by atoms with Crippen molar-refractivity contribution < 1.29 is 9.53 Å². The number of ether oxygens (including phenoxy) is 1. The lowest BCUT2D eigenvalue weighted by Gasteiger charge is -2.34. The van der Waals surface area contributed by atoms with Gasteiger partial charge in [0, 0.05) is 23.7 Å². The van der Waals surface area contributed by atoms with E-state index in [0.29, 0.717) is 24.8 Å². The van der Waals surface area contributed by atoms with Gasteiger partial charge in [-0.1, -0.05) is 146 Å². The SMILES string of the molecule is CCOC(=O)C1=C(C2CC2)NN(CC)C1Cc1ccc(-c2ccccc2-c2nnn(C(c3ccccc3)(c3ccccc3)c3ccccc3)n2)cc1. The molecule has 1 atom stereocenters. The van der Waals surface area contributed by atoms with Crippen LogP contribution in [0.5, 0.6) is 0 Å². The van der Waals surface area contributed by atoms with Crippen LogP contribution in [0.2, 0.25) is 0 Å².